The second-order valence-electron chi connectivity index (χ2n) is 5.96. The van der Waals surface area contributed by atoms with E-state index in [2.05, 4.69) is 37.8 Å². The Labute approximate surface area is 166 Å². The largest absolute Gasteiger partial charge is 0.299 e. The highest BCUT2D eigenvalue weighted by Gasteiger charge is 2.23. The Balaban J connectivity index is 1.70. The maximum Gasteiger partial charge on any atom is 0.253 e. The fourth-order valence-electron chi connectivity index (χ4n) is 2.45. The first-order valence-electron chi connectivity index (χ1n) is 8.79. The van der Waals surface area contributed by atoms with Gasteiger partial charge in [0.15, 0.2) is 6.04 Å². The van der Waals surface area contributed by atoms with E-state index in [-0.39, 0.29) is 5.91 Å². The van der Waals surface area contributed by atoms with Crippen LogP contribution in [0.2, 0.25) is 5.02 Å². The molecular weight excluding hydrogens is 386 g/mol. The van der Waals surface area contributed by atoms with Crippen molar-refractivity contribution in [3.05, 3.63) is 34.3 Å². The number of anilines is 1. The zero-order valence-corrected chi connectivity index (χ0v) is 16.7. The summed E-state index contributed by atoms with van der Waals surface area (Å²) in [4.78, 5) is 14.0. The molecule has 8 nitrogen and oxygen atoms in total. The lowest BCUT2D eigenvalue weighted by Crippen LogP contribution is -2.27. The summed E-state index contributed by atoms with van der Waals surface area (Å²) in [6, 6.07) is 6.55. The van der Waals surface area contributed by atoms with Crippen LogP contribution in [0, 0.1) is 0 Å². The molecular formula is C17H20ClN7OS. The molecule has 2 heterocycles. The van der Waals surface area contributed by atoms with Crippen LogP contribution in [0.3, 0.4) is 0 Å². The monoisotopic (exact) mass is 405 g/mol. The summed E-state index contributed by atoms with van der Waals surface area (Å²) in [6.45, 7) is 4.02. The number of carbonyl (C=O) groups excluding carboxylic acids is 1. The second-order valence-corrected chi connectivity index (χ2v) is 7.46. The number of halogens is 1. The van der Waals surface area contributed by atoms with Gasteiger partial charge in [-0.3, -0.25) is 10.1 Å². The van der Waals surface area contributed by atoms with Crippen molar-refractivity contribution in [2.24, 2.45) is 0 Å². The van der Waals surface area contributed by atoms with Gasteiger partial charge in [-0.25, -0.2) is 0 Å². The van der Waals surface area contributed by atoms with E-state index in [1.165, 1.54) is 16.1 Å². The third kappa shape index (κ3) is 4.86. The van der Waals surface area contributed by atoms with Gasteiger partial charge in [-0.2, -0.15) is 4.80 Å². The number of hydrogen-bond donors (Lipinski definition) is 1. The van der Waals surface area contributed by atoms with Gasteiger partial charge in [-0.1, -0.05) is 43.2 Å². The molecule has 2 aromatic heterocycles. The van der Waals surface area contributed by atoms with Gasteiger partial charge in [0, 0.05) is 17.0 Å². The Bertz CT molecular complexity index is 893. The molecule has 10 heteroatoms. The van der Waals surface area contributed by atoms with Gasteiger partial charge in [0.1, 0.15) is 5.01 Å². The molecule has 3 rings (SSSR count). The molecule has 1 amide bonds. The van der Waals surface area contributed by atoms with Gasteiger partial charge in [0.2, 0.25) is 11.0 Å². The number of nitrogens with zero attached hydrogens (tertiary/aromatic N) is 6. The zero-order valence-electron chi connectivity index (χ0n) is 15.1. The van der Waals surface area contributed by atoms with E-state index in [1.807, 2.05) is 19.1 Å². The SMILES string of the molecule is CCCCc1nnc(NC(=O)C(CC)n2nnc(-c3ccc(Cl)cc3)n2)s1. The molecule has 3 aromatic rings. The van der Waals surface area contributed by atoms with Crippen molar-refractivity contribution in [1.29, 1.82) is 0 Å². The van der Waals surface area contributed by atoms with Gasteiger partial charge < -0.3 is 0 Å². The van der Waals surface area contributed by atoms with Crippen LogP contribution < -0.4 is 5.32 Å². The number of rotatable bonds is 8. The third-order valence-electron chi connectivity index (χ3n) is 3.94. The van der Waals surface area contributed by atoms with Crippen molar-refractivity contribution in [2.45, 2.75) is 45.6 Å². The summed E-state index contributed by atoms with van der Waals surface area (Å²) in [6.07, 6.45) is 3.53. The highest BCUT2D eigenvalue weighted by Crippen LogP contribution is 2.21. The van der Waals surface area contributed by atoms with Crippen molar-refractivity contribution in [1.82, 2.24) is 30.4 Å². The molecule has 0 aliphatic heterocycles. The Morgan fingerprint density at radius 2 is 2.00 bits per heavy atom. The molecule has 0 aliphatic carbocycles. The quantitative estimate of drug-likeness (QED) is 0.612. The van der Waals surface area contributed by atoms with Gasteiger partial charge in [-0.05, 0) is 42.3 Å². The Hall–Kier alpha value is -2.39. The molecule has 27 heavy (non-hydrogen) atoms. The molecule has 0 bridgehead atoms. The number of unbranched alkanes of at least 4 members (excludes halogenated alkanes) is 1. The summed E-state index contributed by atoms with van der Waals surface area (Å²) >= 11 is 7.30. The normalized spacial score (nSPS) is 12.1. The molecule has 0 saturated heterocycles. The van der Waals surface area contributed by atoms with E-state index in [4.69, 9.17) is 11.6 Å². The van der Waals surface area contributed by atoms with Crippen molar-refractivity contribution in [3.63, 3.8) is 0 Å². The molecule has 0 spiro atoms. The first kappa shape index (κ1) is 19.4. The minimum absolute atomic E-state index is 0.240. The number of nitrogens with one attached hydrogen (secondary N) is 1. The van der Waals surface area contributed by atoms with Crippen molar-refractivity contribution < 1.29 is 4.79 Å². The van der Waals surface area contributed by atoms with Gasteiger partial charge in [0.05, 0.1) is 0 Å². The topological polar surface area (TPSA) is 98.5 Å². The molecule has 0 radical (unpaired) electrons. The average molecular weight is 406 g/mol. The van der Waals surface area contributed by atoms with Crippen LogP contribution >= 0.6 is 22.9 Å². The Kier molecular flexibility index (Phi) is 6.46. The number of aromatic nitrogens is 6. The molecule has 1 N–H and O–H groups in total. The summed E-state index contributed by atoms with van der Waals surface area (Å²) in [7, 11) is 0. The highest BCUT2D eigenvalue weighted by molar-refractivity contribution is 7.15. The highest BCUT2D eigenvalue weighted by atomic mass is 35.5. The molecule has 1 unspecified atom stereocenters. The smallest absolute Gasteiger partial charge is 0.253 e. The molecule has 1 aromatic carbocycles. The maximum absolute atomic E-state index is 12.6. The Morgan fingerprint density at radius 1 is 1.22 bits per heavy atom. The van der Waals surface area contributed by atoms with Crippen molar-refractivity contribution >= 4 is 34.0 Å². The van der Waals surface area contributed by atoms with Crippen LogP contribution in [0.15, 0.2) is 24.3 Å². The van der Waals surface area contributed by atoms with E-state index in [0.29, 0.717) is 22.4 Å². The number of amides is 1. The first-order valence-corrected chi connectivity index (χ1v) is 9.98. The lowest BCUT2D eigenvalue weighted by molar-refractivity contribution is -0.120. The summed E-state index contributed by atoms with van der Waals surface area (Å²) in [5.41, 5.74) is 0.783. The van der Waals surface area contributed by atoms with E-state index in [1.54, 1.807) is 12.1 Å². The van der Waals surface area contributed by atoms with Crippen LogP contribution in [-0.2, 0) is 11.2 Å². The predicted molar refractivity (Wildman–Crippen MR) is 105 cm³/mol. The summed E-state index contributed by atoms with van der Waals surface area (Å²) < 4.78 is 0. The zero-order chi connectivity index (χ0) is 19.2. The van der Waals surface area contributed by atoms with Crippen molar-refractivity contribution in [2.75, 3.05) is 5.32 Å². The molecule has 0 saturated carbocycles. The van der Waals surface area contributed by atoms with Crippen LogP contribution in [0.5, 0.6) is 0 Å². The van der Waals surface area contributed by atoms with E-state index in [9.17, 15) is 4.79 Å². The Morgan fingerprint density at radius 3 is 2.70 bits per heavy atom. The minimum atomic E-state index is -0.582. The van der Waals surface area contributed by atoms with Crippen LogP contribution in [-0.4, -0.2) is 36.3 Å². The van der Waals surface area contributed by atoms with E-state index < -0.39 is 6.04 Å². The predicted octanol–water partition coefficient (Wildman–Crippen LogP) is 3.78. The minimum Gasteiger partial charge on any atom is -0.299 e. The number of carbonyl (C=O) groups is 1. The third-order valence-corrected chi connectivity index (χ3v) is 5.09. The molecule has 0 fully saturated rings. The van der Waals surface area contributed by atoms with Crippen LogP contribution in [0.25, 0.3) is 11.4 Å². The van der Waals surface area contributed by atoms with Crippen molar-refractivity contribution in [3.8, 4) is 11.4 Å². The lowest BCUT2D eigenvalue weighted by Gasteiger charge is -2.11. The van der Waals surface area contributed by atoms with Gasteiger partial charge in [0.25, 0.3) is 5.91 Å². The van der Waals surface area contributed by atoms with Crippen LogP contribution in [0.1, 0.15) is 44.2 Å². The fourth-order valence-corrected chi connectivity index (χ4v) is 3.36. The summed E-state index contributed by atoms with van der Waals surface area (Å²) in [5.74, 6) is 0.200. The average Bonchev–Trinajstić information content (AvgIpc) is 3.31. The number of hydrogen-bond acceptors (Lipinski definition) is 7. The molecule has 142 valence electrons. The molecule has 1 atom stereocenters. The van der Waals surface area contributed by atoms with Gasteiger partial charge in [-0.15, -0.1) is 20.4 Å². The number of aryl methyl sites for hydroxylation is 1. The number of benzene rings is 1. The maximum atomic E-state index is 12.6. The summed E-state index contributed by atoms with van der Waals surface area (Å²) in [5, 5.41) is 25.4. The van der Waals surface area contributed by atoms with Crippen LogP contribution in [0.4, 0.5) is 5.13 Å². The lowest BCUT2D eigenvalue weighted by atomic mass is 10.2. The first-order chi connectivity index (χ1) is 13.1. The van der Waals surface area contributed by atoms with E-state index in [0.717, 1.165) is 29.8 Å². The fraction of sp³-hybridized carbons (Fsp3) is 0.412. The van der Waals surface area contributed by atoms with Gasteiger partial charge >= 0.3 is 0 Å². The number of tetrazole rings is 1. The van der Waals surface area contributed by atoms with E-state index >= 15 is 0 Å². The molecule has 0 aliphatic rings. The second kappa shape index (κ2) is 9.01. The standard InChI is InChI=1S/C17H20ClN7OS/c1-3-5-6-14-20-22-17(27-14)19-16(26)13(4-2)25-23-15(21-24-25)11-7-9-12(18)10-8-11/h7-10,13H,3-6H2,1-2H3,(H,19,22,26).